The molecule has 15 heavy (non-hydrogen) atoms. The van der Waals surface area contributed by atoms with Gasteiger partial charge in [-0.3, -0.25) is 0 Å². The maximum atomic E-state index is 8.68. The van der Waals surface area contributed by atoms with Crippen molar-refractivity contribution in [3.05, 3.63) is 34.3 Å². The maximum Gasteiger partial charge on any atom is 0.0435 e. The molecule has 1 atom stereocenters. The van der Waals surface area contributed by atoms with Gasteiger partial charge in [0, 0.05) is 17.7 Å². The molecular formula is C11H17Cl2NO. The number of benzene rings is 1. The van der Waals surface area contributed by atoms with Gasteiger partial charge in [-0.05, 0) is 37.0 Å². The third-order valence-electron chi connectivity index (χ3n) is 2.28. The average molecular weight is 250 g/mol. The number of aryl methyl sites for hydroxylation is 1. The van der Waals surface area contributed by atoms with E-state index in [1.165, 1.54) is 0 Å². The summed E-state index contributed by atoms with van der Waals surface area (Å²) in [6, 6.07) is 5.81. The first kappa shape index (κ1) is 14.7. The van der Waals surface area contributed by atoms with Crippen molar-refractivity contribution in [1.29, 1.82) is 0 Å². The third-order valence-corrected chi connectivity index (χ3v) is 2.71. The molecule has 0 fully saturated rings. The Labute approximate surface area is 102 Å². The monoisotopic (exact) mass is 249 g/mol. The maximum absolute atomic E-state index is 8.68. The van der Waals surface area contributed by atoms with E-state index >= 15 is 0 Å². The molecule has 0 heterocycles. The fourth-order valence-electron chi connectivity index (χ4n) is 1.38. The van der Waals surface area contributed by atoms with E-state index in [1.807, 2.05) is 25.1 Å². The van der Waals surface area contributed by atoms with Gasteiger partial charge in [0.2, 0.25) is 0 Å². The predicted molar refractivity (Wildman–Crippen MR) is 66.7 cm³/mol. The first-order valence-corrected chi connectivity index (χ1v) is 5.15. The minimum absolute atomic E-state index is 0. The zero-order chi connectivity index (χ0) is 10.6. The smallest absolute Gasteiger partial charge is 0.0435 e. The molecule has 0 unspecified atom stereocenters. The second-order valence-corrected chi connectivity index (χ2v) is 3.89. The summed E-state index contributed by atoms with van der Waals surface area (Å²) in [6.45, 7) is 2.16. The van der Waals surface area contributed by atoms with Crippen LogP contribution in [0.3, 0.4) is 0 Å². The predicted octanol–water partition coefficient (Wildman–Crippen LogP) is 2.84. The molecule has 0 saturated heterocycles. The van der Waals surface area contributed by atoms with Crippen LogP contribution in [0, 0.1) is 6.92 Å². The molecule has 0 saturated carbocycles. The van der Waals surface area contributed by atoms with E-state index in [0.717, 1.165) is 29.0 Å². The van der Waals surface area contributed by atoms with Gasteiger partial charge in [-0.1, -0.05) is 23.7 Å². The molecule has 4 heteroatoms. The molecule has 86 valence electrons. The van der Waals surface area contributed by atoms with Crippen LogP contribution < -0.4 is 5.73 Å². The average Bonchev–Trinajstić information content (AvgIpc) is 2.18. The SMILES string of the molecule is Cc1cc([C@H](N)CCCO)ccc1Cl.Cl. The van der Waals surface area contributed by atoms with Crippen LogP contribution in [0.25, 0.3) is 0 Å². The highest BCUT2D eigenvalue weighted by Gasteiger charge is 2.06. The minimum atomic E-state index is -0.00174. The number of rotatable bonds is 4. The summed E-state index contributed by atoms with van der Waals surface area (Å²) in [5, 5.41) is 9.45. The molecule has 0 aromatic heterocycles. The molecular weight excluding hydrogens is 233 g/mol. The van der Waals surface area contributed by atoms with Crippen molar-refractivity contribution < 1.29 is 5.11 Å². The number of nitrogens with two attached hydrogens (primary N) is 1. The standard InChI is InChI=1S/C11H16ClNO.ClH/c1-8-7-9(4-5-10(8)12)11(13)3-2-6-14;/h4-5,7,11,14H,2-3,6,13H2,1H3;1H/t11-;/m1./s1. The van der Waals surface area contributed by atoms with Gasteiger partial charge in [0.15, 0.2) is 0 Å². The Kier molecular flexibility index (Phi) is 6.94. The Morgan fingerprint density at radius 2 is 2.13 bits per heavy atom. The lowest BCUT2D eigenvalue weighted by molar-refractivity contribution is 0.280. The van der Waals surface area contributed by atoms with E-state index in [-0.39, 0.29) is 25.1 Å². The summed E-state index contributed by atoms with van der Waals surface area (Å²) in [7, 11) is 0. The van der Waals surface area contributed by atoms with Crippen LogP contribution in [-0.4, -0.2) is 11.7 Å². The molecule has 1 aromatic rings. The highest BCUT2D eigenvalue weighted by atomic mass is 35.5. The van der Waals surface area contributed by atoms with E-state index in [9.17, 15) is 0 Å². The van der Waals surface area contributed by atoms with E-state index in [1.54, 1.807) is 0 Å². The Morgan fingerprint density at radius 1 is 1.47 bits per heavy atom. The highest BCUT2D eigenvalue weighted by Crippen LogP contribution is 2.21. The van der Waals surface area contributed by atoms with Crippen LogP contribution in [-0.2, 0) is 0 Å². The van der Waals surface area contributed by atoms with E-state index < -0.39 is 0 Å². The lowest BCUT2D eigenvalue weighted by Crippen LogP contribution is -2.10. The second-order valence-electron chi connectivity index (χ2n) is 3.48. The van der Waals surface area contributed by atoms with Gasteiger partial charge in [0.1, 0.15) is 0 Å². The number of halogens is 2. The van der Waals surface area contributed by atoms with E-state index in [4.69, 9.17) is 22.4 Å². The Bertz CT molecular complexity index is 305. The van der Waals surface area contributed by atoms with Crippen LogP contribution in [0.5, 0.6) is 0 Å². The van der Waals surface area contributed by atoms with Crippen molar-refractivity contribution in [3.8, 4) is 0 Å². The lowest BCUT2D eigenvalue weighted by atomic mass is 10.0. The molecule has 1 aromatic carbocycles. The Hall–Kier alpha value is -0.280. The molecule has 0 radical (unpaired) electrons. The number of aliphatic hydroxyl groups is 1. The molecule has 0 spiro atoms. The van der Waals surface area contributed by atoms with Crippen molar-refractivity contribution in [2.45, 2.75) is 25.8 Å². The number of hydrogen-bond acceptors (Lipinski definition) is 2. The summed E-state index contributed by atoms with van der Waals surface area (Å²) in [5.41, 5.74) is 8.07. The molecule has 3 N–H and O–H groups in total. The van der Waals surface area contributed by atoms with Crippen LogP contribution in [0.4, 0.5) is 0 Å². The molecule has 1 rings (SSSR count). The van der Waals surface area contributed by atoms with Gasteiger partial charge >= 0.3 is 0 Å². The van der Waals surface area contributed by atoms with Crippen molar-refractivity contribution in [1.82, 2.24) is 0 Å². The van der Waals surface area contributed by atoms with Crippen molar-refractivity contribution in [2.75, 3.05) is 6.61 Å². The largest absolute Gasteiger partial charge is 0.396 e. The van der Waals surface area contributed by atoms with Crippen molar-refractivity contribution >= 4 is 24.0 Å². The second kappa shape index (κ2) is 7.07. The van der Waals surface area contributed by atoms with Gasteiger partial charge in [-0.25, -0.2) is 0 Å². The number of aliphatic hydroxyl groups excluding tert-OH is 1. The van der Waals surface area contributed by atoms with Gasteiger partial charge < -0.3 is 10.8 Å². The topological polar surface area (TPSA) is 46.2 Å². The van der Waals surface area contributed by atoms with Crippen molar-refractivity contribution in [3.63, 3.8) is 0 Å². The van der Waals surface area contributed by atoms with Gasteiger partial charge in [-0.2, -0.15) is 0 Å². The quantitative estimate of drug-likeness (QED) is 0.863. The minimum Gasteiger partial charge on any atom is -0.396 e. The summed E-state index contributed by atoms with van der Waals surface area (Å²) < 4.78 is 0. The fraction of sp³-hybridized carbons (Fsp3) is 0.455. The van der Waals surface area contributed by atoms with E-state index in [2.05, 4.69) is 0 Å². The first-order valence-electron chi connectivity index (χ1n) is 4.77. The van der Waals surface area contributed by atoms with Crippen LogP contribution in [0.2, 0.25) is 5.02 Å². The molecule has 0 aliphatic carbocycles. The molecule has 0 bridgehead atoms. The normalized spacial score (nSPS) is 12.0. The first-order chi connectivity index (χ1) is 6.65. The van der Waals surface area contributed by atoms with E-state index in [0.29, 0.717) is 0 Å². The van der Waals surface area contributed by atoms with Gasteiger partial charge in [-0.15, -0.1) is 12.4 Å². The van der Waals surface area contributed by atoms with Gasteiger partial charge in [0.25, 0.3) is 0 Å². The highest BCUT2D eigenvalue weighted by molar-refractivity contribution is 6.31. The summed E-state index contributed by atoms with van der Waals surface area (Å²) in [4.78, 5) is 0. The molecule has 0 aliphatic rings. The Balaban J connectivity index is 0.00000196. The molecule has 0 amide bonds. The van der Waals surface area contributed by atoms with Crippen LogP contribution in [0.15, 0.2) is 18.2 Å². The Morgan fingerprint density at radius 3 is 2.67 bits per heavy atom. The van der Waals surface area contributed by atoms with Crippen molar-refractivity contribution in [2.24, 2.45) is 5.73 Å². The summed E-state index contributed by atoms with van der Waals surface area (Å²) in [6.07, 6.45) is 1.54. The zero-order valence-corrected chi connectivity index (χ0v) is 10.3. The zero-order valence-electron chi connectivity index (χ0n) is 8.74. The molecule has 2 nitrogen and oxygen atoms in total. The fourth-order valence-corrected chi connectivity index (χ4v) is 1.49. The third kappa shape index (κ3) is 4.39. The molecule has 0 aliphatic heterocycles. The summed E-state index contributed by atoms with van der Waals surface area (Å²) >= 11 is 5.91. The number of hydrogen-bond donors (Lipinski definition) is 2. The van der Waals surface area contributed by atoms with Crippen LogP contribution >= 0.6 is 24.0 Å². The van der Waals surface area contributed by atoms with Gasteiger partial charge in [0.05, 0.1) is 0 Å². The summed E-state index contributed by atoms with van der Waals surface area (Å²) in [5.74, 6) is 0. The lowest BCUT2D eigenvalue weighted by Gasteiger charge is -2.12. The van der Waals surface area contributed by atoms with Crippen LogP contribution in [0.1, 0.15) is 30.0 Å².